The zero-order valence-electron chi connectivity index (χ0n) is 10.7. The Bertz CT molecular complexity index is 625. The average molecular weight is 259 g/mol. The van der Waals surface area contributed by atoms with Crippen LogP contribution >= 0.6 is 0 Å². The van der Waals surface area contributed by atoms with Crippen molar-refractivity contribution in [2.75, 3.05) is 11.9 Å². The summed E-state index contributed by atoms with van der Waals surface area (Å²) in [5.41, 5.74) is 2.63. The molecule has 3 nitrogen and oxygen atoms in total. The summed E-state index contributed by atoms with van der Waals surface area (Å²) in [5, 5.41) is 8.93. The van der Waals surface area contributed by atoms with Crippen LogP contribution in [-0.4, -0.2) is 18.1 Å². The van der Waals surface area contributed by atoms with Crippen LogP contribution in [0.5, 0.6) is 0 Å². The summed E-state index contributed by atoms with van der Waals surface area (Å²) >= 11 is 0. The molecular weight excluding hydrogens is 245 g/mol. The molecule has 0 saturated heterocycles. The van der Waals surface area contributed by atoms with Gasteiger partial charge in [-0.05, 0) is 48.9 Å². The fourth-order valence-electron chi connectivity index (χ4n) is 1.99. The lowest BCUT2D eigenvalue weighted by atomic mass is 10.1. The number of carbonyl (C=O) groups is 1. The van der Waals surface area contributed by atoms with Crippen molar-refractivity contribution < 1.29 is 14.3 Å². The van der Waals surface area contributed by atoms with Crippen LogP contribution < -0.4 is 4.90 Å². The van der Waals surface area contributed by atoms with Crippen LogP contribution in [0.3, 0.4) is 0 Å². The van der Waals surface area contributed by atoms with Gasteiger partial charge in [-0.3, -0.25) is 0 Å². The van der Waals surface area contributed by atoms with E-state index >= 15 is 0 Å². The molecule has 4 heteroatoms. The van der Waals surface area contributed by atoms with Crippen LogP contribution in [-0.2, 0) is 0 Å². The highest BCUT2D eigenvalue weighted by atomic mass is 19.1. The zero-order valence-corrected chi connectivity index (χ0v) is 10.7. The standard InChI is InChI=1S/C15H14FNO2/c1-10-8-11(15(18)19)6-7-14(10)17(2)13-5-3-4-12(16)9-13/h3-9H,1-2H3,(H,18,19). The van der Waals surface area contributed by atoms with Crippen molar-refractivity contribution in [1.82, 2.24) is 0 Å². The second kappa shape index (κ2) is 5.10. The maximum atomic E-state index is 13.2. The number of anilines is 2. The molecule has 98 valence electrons. The van der Waals surface area contributed by atoms with Crippen LogP contribution in [0.2, 0.25) is 0 Å². The third-order valence-corrected chi connectivity index (χ3v) is 3.00. The number of hydrogen-bond donors (Lipinski definition) is 1. The highest BCUT2D eigenvalue weighted by Crippen LogP contribution is 2.27. The molecule has 0 aliphatic rings. The van der Waals surface area contributed by atoms with Crippen molar-refractivity contribution in [1.29, 1.82) is 0 Å². The lowest BCUT2D eigenvalue weighted by Crippen LogP contribution is -2.11. The molecule has 0 radical (unpaired) electrons. The summed E-state index contributed by atoms with van der Waals surface area (Å²) in [4.78, 5) is 12.7. The maximum Gasteiger partial charge on any atom is 0.335 e. The number of benzene rings is 2. The minimum absolute atomic E-state index is 0.244. The molecule has 19 heavy (non-hydrogen) atoms. The summed E-state index contributed by atoms with van der Waals surface area (Å²) in [6.07, 6.45) is 0. The molecule has 0 bridgehead atoms. The Morgan fingerprint density at radius 1 is 1.21 bits per heavy atom. The van der Waals surface area contributed by atoms with Gasteiger partial charge in [-0.1, -0.05) is 6.07 Å². The number of rotatable bonds is 3. The van der Waals surface area contributed by atoms with Gasteiger partial charge in [0.1, 0.15) is 5.82 Å². The first-order chi connectivity index (χ1) is 8.99. The highest BCUT2D eigenvalue weighted by molar-refractivity contribution is 5.88. The molecule has 0 aliphatic heterocycles. The topological polar surface area (TPSA) is 40.5 Å². The predicted molar refractivity (Wildman–Crippen MR) is 72.6 cm³/mol. The van der Waals surface area contributed by atoms with Gasteiger partial charge in [-0.25, -0.2) is 9.18 Å². The van der Waals surface area contributed by atoms with Crippen molar-refractivity contribution in [3.63, 3.8) is 0 Å². The Hall–Kier alpha value is -2.36. The van der Waals surface area contributed by atoms with E-state index in [0.29, 0.717) is 5.69 Å². The van der Waals surface area contributed by atoms with Gasteiger partial charge in [-0.2, -0.15) is 0 Å². The van der Waals surface area contributed by atoms with E-state index in [1.807, 2.05) is 18.9 Å². The molecule has 0 aromatic heterocycles. The van der Waals surface area contributed by atoms with Gasteiger partial charge >= 0.3 is 5.97 Å². The van der Waals surface area contributed by atoms with E-state index in [0.717, 1.165) is 11.3 Å². The second-order valence-corrected chi connectivity index (χ2v) is 4.35. The Balaban J connectivity index is 2.39. The quantitative estimate of drug-likeness (QED) is 0.915. The lowest BCUT2D eigenvalue weighted by molar-refractivity contribution is 0.0697. The summed E-state index contributed by atoms with van der Waals surface area (Å²) in [5.74, 6) is -1.26. The highest BCUT2D eigenvalue weighted by Gasteiger charge is 2.10. The molecule has 0 atom stereocenters. The van der Waals surface area contributed by atoms with Crippen molar-refractivity contribution >= 4 is 17.3 Å². The van der Waals surface area contributed by atoms with Crippen LogP contribution in [0, 0.1) is 12.7 Å². The first kappa shape index (κ1) is 13.1. The molecule has 0 unspecified atom stereocenters. The van der Waals surface area contributed by atoms with Gasteiger partial charge in [0.05, 0.1) is 5.56 Å². The predicted octanol–water partition coefficient (Wildman–Crippen LogP) is 3.60. The van der Waals surface area contributed by atoms with E-state index in [9.17, 15) is 9.18 Å². The molecule has 0 aliphatic carbocycles. The number of nitrogens with zero attached hydrogens (tertiary/aromatic N) is 1. The number of aryl methyl sites for hydroxylation is 1. The van der Waals surface area contributed by atoms with Crippen molar-refractivity contribution in [2.24, 2.45) is 0 Å². The summed E-state index contributed by atoms with van der Waals surface area (Å²) in [6.45, 7) is 1.83. The molecule has 0 saturated carbocycles. The Morgan fingerprint density at radius 2 is 1.95 bits per heavy atom. The zero-order chi connectivity index (χ0) is 14.0. The van der Waals surface area contributed by atoms with E-state index in [2.05, 4.69) is 0 Å². The summed E-state index contributed by atoms with van der Waals surface area (Å²) in [6, 6.07) is 11.1. The molecule has 2 rings (SSSR count). The van der Waals surface area contributed by atoms with Gasteiger partial charge < -0.3 is 10.0 Å². The van der Waals surface area contributed by atoms with Crippen LogP contribution in [0.4, 0.5) is 15.8 Å². The third kappa shape index (κ3) is 2.73. The molecule has 0 fully saturated rings. The molecule has 0 spiro atoms. The van der Waals surface area contributed by atoms with Crippen molar-refractivity contribution in [3.8, 4) is 0 Å². The number of carboxylic acids is 1. The number of carboxylic acid groups (broad SMARTS) is 1. The molecule has 1 N–H and O–H groups in total. The van der Waals surface area contributed by atoms with Gasteiger partial charge in [0.2, 0.25) is 0 Å². The SMILES string of the molecule is Cc1cc(C(=O)O)ccc1N(C)c1cccc(F)c1. The number of aromatic carboxylic acids is 1. The monoisotopic (exact) mass is 259 g/mol. The fourth-order valence-corrected chi connectivity index (χ4v) is 1.99. The van der Waals surface area contributed by atoms with Crippen molar-refractivity contribution in [3.05, 3.63) is 59.4 Å². The van der Waals surface area contributed by atoms with Gasteiger partial charge in [0.25, 0.3) is 0 Å². The molecule has 0 amide bonds. The minimum Gasteiger partial charge on any atom is -0.478 e. The normalized spacial score (nSPS) is 10.3. The van der Waals surface area contributed by atoms with E-state index in [-0.39, 0.29) is 11.4 Å². The molecular formula is C15H14FNO2. The van der Waals surface area contributed by atoms with Gasteiger partial charge in [0, 0.05) is 18.4 Å². The Morgan fingerprint density at radius 3 is 2.53 bits per heavy atom. The van der Waals surface area contributed by atoms with Crippen LogP contribution in [0.15, 0.2) is 42.5 Å². The third-order valence-electron chi connectivity index (χ3n) is 3.00. The van der Waals surface area contributed by atoms with Crippen LogP contribution in [0.1, 0.15) is 15.9 Å². The molecule has 0 heterocycles. The first-order valence-electron chi connectivity index (χ1n) is 5.82. The minimum atomic E-state index is -0.956. The Labute approximate surface area is 110 Å². The fraction of sp³-hybridized carbons (Fsp3) is 0.133. The second-order valence-electron chi connectivity index (χ2n) is 4.35. The van der Waals surface area contributed by atoms with Crippen LogP contribution in [0.25, 0.3) is 0 Å². The van der Waals surface area contributed by atoms with E-state index < -0.39 is 5.97 Å². The van der Waals surface area contributed by atoms with E-state index in [1.54, 1.807) is 30.3 Å². The molecule has 2 aromatic carbocycles. The summed E-state index contributed by atoms with van der Waals surface area (Å²) in [7, 11) is 1.82. The van der Waals surface area contributed by atoms with Gasteiger partial charge in [-0.15, -0.1) is 0 Å². The molecule has 2 aromatic rings. The van der Waals surface area contributed by atoms with Crippen molar-refractivity contribution in [2.45, 2.75) is 6.92 Å². The average Bonchev–Trinajstić information content (AvgIpc) is 2.37. The number of halogens is 1. The number of hydrogen-bond acceptors (Lipinski definition) is 2. The maximum absolute atomic E-state index is 13.2. The van der Waals surface area contributed by atoms with Gasteiger partial charge in [0.15, 0.2) is 0 Å². The largest absolute Gasteiger partial charge is 0.478 e. The Kier molecular flexibility index (Phi) is 3.51. The summed E-state index contributed by atoms with van der Waals surface area (Å²) < 4.78 is 13.2. The lowest BCUT2D eigenvalue weighted by Gasteiger charge is -2.22. The van der Waals surface area contributed by atoms with E-state index in [1.165, 1.54) is 12.1 Å². The first-order valence-corrected chi connectivity index (χ1v) is 5.82. The smallest absolute Gasteiger partial charge is 0.335 e. The van der Waals surface area contributed by atoms with E-state index in [4.69, 9.17) is 5.11 Å².